The predicted octanol–water partition coefficient (Wildman–Crippen LogP) is 2.88. The van der Waals surface area contributed by atoms with Crippen LogP contribution in [0.1, 0.15) is 24.0 Å². The molecule has 1 aliphatic rings. The van der Waals surface area contributed by atoms with Gasteiger partial charge in [-0.15, -0.1) is 12.4 Å². The van der Waals surface area contributed by atoms with Gasteiger partial charge in [0.2, 0.25) is 5.91 Å². The largest absolute Gasteiger partial charge is 0.416 e. The van der Waals surface area contributed by atoms with Gasteiger partial charge in [-0.1, -0.05) is 6.07 Å². The number of carbonyl (C=O) groups excluding carboxylic acids is 1. The van der Waals surface area contributed by atoms with E-state index in [1.54, 1.807) is 0 Å². The molecule has 2 N–H and O–H groups in total. The molecule has 0 aromatic heterocycles. The van der Waals surface area contributed by atoms with Crippen molar-refractivity contribution >= 4 is 18.3 Å². The number of hydrogen-bond donors (Lipinski definition) is 2. The summed E-state index contributed by atoms with van der Waals surface area (Å²) in [7, 11) is 0. The zero-order chi connectivity index (χ0) is 15.5. The number of rotatable bonds is 3. The lowest BCUT2D eigenvalue weighted by Gasteiger charge is -2.22. The molecule has 3 nitrogen and oxygen atoms in total. The van der Waals surface area contributed by atoms with Gasteiger partial charge < -0.3 is 10.6 Å². The standard InChI is InChI=1S/C14H16F4N2O.ClH/c15-11-4-3-9(12(6-11)14(16,17)18)8-20-13(21)10-2-1-5-19-7-10;/h3-4,6,10,19H,1-2,5,7-8H2,(H,20,21);1H. The molecule has 1 fully saturated rings. The van der Waals surface area contributed by atoms with E-state index >= 15 is 0 Å². The first-order valence-corrected chi connectivity index (χ1v) is 6.72. The number of hydrogen-bond acceptors (Lipinski definition) is 2. The van der Waals surface area contributed by atoms with Gasteiger partial charge in [0.15, 0.2) is 0 Å². The fraction of sp³-hybridized carbons (Fsp3) is 0.500. The Morgan fingerprint density at radius 3 is 2.68 bits per heavy atom. The van der Waals surface area contributed by atoms with Crippen LogP contribution in [-0.2, 0) is 17.5 Å². The Morgan fingerprint density at radius 2 is 2.09 bits per heavy atom. The topological polar surface area (TPSA) is 41.1 Å². The molecule has 1 aromatic carbocycles. The van der Waals surface area contributed by atoms with Crippen molar-refractivity contribution in [3.63, 3.8) is 0 Å². The van der Waals surface area contributed by atoms with Crippen molar-refractivity contribution in [3.05, 3.63) is 35.1 Å². The van der Waals surface area contributed by atoms with Gasteiger partial charge in [-0.2, -0.15) is 13.2 Å². The molecule has 0 aliphatic carbocycles. The summed E-state index contributed by atoms with van der Waals surface area (Å²) in [6.07, 6.45) is -3.06. The minimum atomic E-state index is -4.64. The second kappa shape index (κ2) is 7.78. The van der Waals surface area contributed by atoms with Gasteiger partial charge in [0, 0.05) is 13.1 Å². The summed E-state index contributed by atoms with van der Waals surface area (Å²) in [4.78, 5) is 11.9. The van der Waals surface area contributed by atoms with Crippen molar-refractivity contribution in [2.24, 2.45) is 5.92 Å². The van der Waals surface area contributed by atoms with E-state index in [1.807, 2.05) is 0 Å². The van der Waals surface area contributed by atoms with E-state index in [9.17, 15) is 22.4 Å². The number of carbonyl (C=O) groups is 1. The van der Waals surface area contributed by atoms with E-state index in [0.29, 0.717) is 19.0 Å². The maximum absolute atomic E-state index is 13.0. The van der Waals surface area contributed by atoms with Crippen LogP contribution in [0.25, 0.3) is 0 Å². The van der Waals surface area contributed by atoms with Crippen molar-refractivity contribution in [2.75, 3.05) is 13.1 Å². The number of nitrogens with one attached hydrogen (secondary N) is 2. The number of piperidine rings is 1. The van der Waals surface area contributed by atoms with Gasteiger partial charge in [0.25, 0.3) is 0 Å². The Bertz CT molecular complexity index is 516. The first-order chi connectivity index (χ1) is 9.88. The molecule has 124 valence electrons. The van der Waals surface area contributed by atoms with Crippen molar-refractivity contribution in [3.8, 4) is 0 Å². The molecule has 1 atom stereocenters. The molecule has 1 saturated heterocycles. The first-order valence-electron chi connectivity index (χ1n) is 6.72. The molecular formula is C14H17ClF4N2O. The van der Waals surface area contributed by atoms with Crippen molar-refractivity contribution < 1.29 is 22.4 Å². The summed E-state index contributed by atoms with van der Waals surface area (Å²) >= 11 is 0. The average Bonchev–Trinajstić information content (AvgIpc) is 2.45. The highest BCUT2D eigenvalue weighted by molar-refractivity contribution is 5.85. The molecule has 1 heterocycles. The SMILES string of the molecule is Cl.O=C(NCc1ccc(F)cc1C(F)(F)F)C1CCCNC1. The summed E-state index contributed by atoms with van der Waals surface area (Å²) in [5.74, 6) is -1.46. The molecule has 0 saturated carbocycles. The molecule has 2 rings (SSSR count). The third-order valence-corrected chi connectivity index (χ3v) is 3.50. The summed E-state index contributed by atoms with van der Waals surface area (Å²) in [5.41, 5.74) is -1.19. The second-order valence-electron chi connectivity index (χ2n) is 5.06. The lowest BCUT2D eigenvalue weighted by molar-refractivity contribution is -0.138. The molecular weight excluding hydrogens is 324 g/mol. The number of benzene rings is 1. The summed E-state index contributed by atoms with van der Waals surface area (Å²) in [6.45, 7) is 1.12. The number of amides is 1. The van der Waals surface area contributed by atoms with E-state index in [1.165, 1.54) is 0 Å². The average molecular weight is 341 g/mol. The third-order valence-electron chi connectivity index (χ3n) is 3.50. The maximum atomic E-state index is 13.0. The van der Waals surface area contributed by atoms with Gasteiger partial charge in [-0.3, -0.25) is 4.79 Å². The summed E-state index contributed by atoms with van der Waals surface area (Å²) in [6, 6.07) is 2.46. The van der Waals surface area contributed by atoms with Gasteiger partial charge in [0.05, 0.1) is 11.5 Å². The number of alkyl halides is 3. The lowest BCUT2D eigenvalue weighted by Crippen LogP contribution is -2.40. The predicted molar refractivity (Wildman–Crippen MR) is 76.1 cm³/mol. The molecule has 0 bridgehead atoms. The van der Waals surface area contributed by atoms with Gasteiger partial charge in [-0.25, -0.2) is 4.39 Å². The fourth-order valence-corrected chi connectivity index (χ4v) is 2.37. The zero-order valence-corrected chi connectivity index (χ0v) is 12.5. The van der Waals surface area contributed by atoms with E-state index in [-0.39, 0.29) is 36.3 Å². The monoisotopic (exact) mass is 340 g/mol. The Labute approximate surface area is 131 Å². The maximum Gasteiger partial charge on any atom is 0.416 e. The Hall–Kier alpha value is -1.34. The van der Waals surface area contributed by atoms with Gasteiger partial charge in [-0.05, 0) is 37.1 Å². The van der Waals surface area contributed by atoms with E-state index in [4.69, 9.17) is 0 Å². The van der Waals surface area contributed by atoms with E-state index < -0.39 is 17.6 Å². The summed E-state index contributed by atoms with van der Waals surface area (Å²) in [5, 5.41) is 5.57. The molecule has 1 aromatic rings. The Morgan fingerprint density at radius 1 is 1.36 bits per heavy atom. The molecule has 0 spiro atoms. The van der Waals surface area contributed by atoms with Crippen LogP contribution in [0.15, 0.2) is 18.2 Å². The molecule has 1 aliphatic heterocycles. The molecule has 1 unspecified atom stereocenters. The lowest BCUT2D eigenvalue weighted by atomic mass is 9.98. The van der Waals surface area contributed by atoms with E-state index in [2.05, 4.69) is 10.6 Å². The van der Waals surface area contributed by atoms with Crippen LogP contribution in [0, 0.1) is 11.7 Å². The van der Waals surface area contributed by atoms with Crippen LogP contribution in [0.3, 0.4) is 0 Å². The Balaban J connectivity index is 0.00000242. The molecule has 22 heavy (non-hydrogen) atoms. The minimum Gasteiger partial charge on any atom is -0.352 e. The third kappa shape index (κ3) is 4.84. The Kier molecular flexibility index (Phi) is 6.62. The minimum absolute atomic E-state index is 0. The molecule has 1 amide bonds. The molecule has 8 heteroatoms. The normalized spacial score (nSPS) is 18.5. The molecule has 0 radical (unpaired) electrons. The van der Waals surface area contributed by atoms with Crippen molar-refractivity contribution in [1.29, 1.82) is 0 Å². The quantitative estimate of drug-likeness (QED) is 0.831. The van der Waals surface area contributed by atoms with Crippen LogP contribution in [0.5, 0.6) is 0 Å². The van der Waals surface area contributed by atoms with Crippen LogP contribution >= 0.6 is 12.4 Å². The van der Waals surface area contributed by atoms with Crippen LogP contribution < -0.4 is 10.6 Å². The van der Waals surface area contributed by atoms with E-state index in [0.717, 1.165) is 25.1 Å². The summed E-state index contributed by atoms with van der Waals surface area (Å²) < 4.78 is 51.4. The first kappa shape index (κ1) is 18.7. The highest BCUT2D eigenvalue weighted by atomic mass is 35.5. The van der Waals surface area contributed by atoms with Crippen LogP contribution in [0.4, 0.5) is 17.6 Å². The second-order valence-corrected chi connectivity index (χ2v) is 5.06. The van der Waals surface area contributed by atoms with Crippen LogP contribution in [-0.4, -0.2) is 19.0 Å². The smallest absolute Gasteiger partial charge is 0.352 e. The van der Waals surface area contributed by atoms with Crippen molar-refractivity contribution in [1.82, 2.24) is 10.6 Å². The fourth-order valence-electron chi connectivity index (χ4n) is 2.37. The highest BCUT2D eigenvalue weighted by Gasteiger charge is 2.34. The van der Waals surface area contributed by atoms with Crippen LogP contribution in [0.2, 0.25) is 0 Å². The van der Waals surface area contributed by atoms with Gasteiger partial charge in [0.1, 0.15) is 5.82 Å². The van der Waals surface area contributed by atoms with Crippen molar-refractivity contribution in [2.45, 2.75) is 25.6 Å². The number of halogens is 5. The van der Waals surface area contributed by atoms with Gasteiger partial charge >= 0.3 is 6.18 Å². The zero-order valence-electron chi connectivity index (χ0n) is 11.7. The highest BCUT2D eigenvalue weighted by Crippen LogP contribution is 2.32.